The molecule has 1 spiro atoms. The van der Waals surface area contributed by atoms with Gasteiger partial charge in [-0.3, -0.25) is 9.47 Å². The van der Waals surface area contributed by atoms with E-state index in [0.29, 0.717) is 11.7 Å². The van der Waals surface area contributed by atoms with Crippen molar-refractivity contribution in [1.82, 2.24) is 24.6 Å². The van der Waals surface area contributed by atoms with E-state index in [9.17, 15) is 0 Å². The standard InChI is InChI=1S/C25H25ClN8O/c26-18-4-5-21-17(8-18)10-31(20-6-7-35-12-20)11-23-29-30-24(34(21)23)33-15-25(16-33)13-32(14-25)22-3-1-2-19(9-27)28-22/h1-5,8,20H,6-7,10-16H2/t20-/m1/s1. The van der Waals surface area contributed by atoms with E-state index in [1.807, 2.05) is 18.2 Å². The van der Waals surface area contributed by atoms with Crippen LogP contribution >= 0.6 is 11.6 Å². The molecule has 2 aromatic heterocycles. The molecule has 4 aliphatic rings. The van der Waals surface area contributed by atoms with Crippen LogP contribution in [0.3, 0.4) is 0 Å². The molecule has 1 aromatic carbocycles. The Labute approximate surface area is 208 Å². The quantitative estimate of drug-likeness (QED) is 0.556. The number of pyridine rings is 1. The lowest BCUT2D eigenvalue weighted by Gasteiger charge is -2.60. The van der Waals surface area contributed by atoms with E-state index < -0.39 is 0 Å². The van der Waals surface area contributed by atoms with E-state index in [1.165, 1.54) is 5.56 Å². The highest BCUT2D eigenvalue weighted by Crippen LogP contribution is 2.44. The highest BCUT2D eigenvalue weighted by Gasteiger charge is 2.53. The maximum Gasteiger partial charge on any atom is 0.231 e. The summed E-state index contributed by atoms with van der Waals surface area (Å²) in [6.45, 7) is 6.87. The van der Waals surface area contributed by atoms with Crippen LogP contribution in [0, 0.1) is 16.7 Å². The first kappa shape index (κ1) is 21.1. The third kappa shape index (κ3) is 3.47. The predicted molar refractivity (Wildman–Crippen MR) is 131 cm³/mol. The summed E-state index contributed by atoms with van der Waals surface area (Å²) in [7, 11) is 0. The van der Waals surface area contributed by atoms with Crippen molar-refractivity contribution in [2.45, 2.75) is 25.6 Å². The van der Waals surface area contributed by atoms with Crippen LogP contribution in [0.1, 0.15) is 23.5 Å². The van der Waals surface area contributed by atoms with Crippen molar-refractivity contribution in [3.63, 3.8) is 0 Å². The van der Waals surface area contributed by atoms with Crippen LogP contribution in [0.4, 0.5) is 11.8 Å². The number of ether oxygens (including phenoxy) is 1. The number of aromatic nitrogens is 4. The normalized spacial score (nSPS) is 22.7. The molecule has 3 fully saturated rings. The van der Waals surface area contributed by atoms with Gasteiger partial charge in [-0.25, -0.2) is 4.98 Å². The second-order valence-corrected chi connectivity index (χ2v) is 10.6. The fraction of sp³-hybridized carbons (Fsp3) is 0.440. The van der Waals surface area contributed by atoms with Gasteiger partial charge in [-0.1, -0.05) is 17.7 Å². The van der Waals surface area contributed by atoms with Crippen LogP contribution in [0.2, 0.25) is 5.02 Å². The molecular formula is C25H25ClN8O. The molecule has 0 aliphatic carbocycles. The average molecular weight is 489 g/mol. The van der Waals surface area contributed by atoms with E-state index in [1.54, 1.807) is 6.07 Å². The molecule has 0 N–H and O–H groups in total. The topological polar surface area (TPSA) is 86.3 Å². The number of halogens is 1. The summed E-state index contributed by atoms with van der Waals surface area (Å²) in [5.74, 6) is 2.75. The Morgan fingerprint density at radius 3 is 2.71 bits per heavy atom. The number of hydrogen-bond donors (Lipinski definition) is 0. The van der Waals surface area contributed by atoms with Gasteiger partial charge in [-0.05, 0) is 42.3 Å². The molecule has 178 valence electrons. The third-order valence-electron chi connectivity index (χ3n) is 7.70. The monoisotopic (exact) mass is 488 g/mol. The zero-order valence-electron chi connectivity index (χ0n) is 19.3. The number of anilines is 2. The number of nitrogens with zero attached hydrogens (tertiary/aromatic N) is 8. The van der Waals surface area contributed by atoms with Gasteiger partial charge >= 0.3 is 0 Å². The Morgan fingerprint density at radius 2 is 1.91 bits per heavy atom. The van der Waals surface area contributed by atoms with E-state index in [4.69, 9.17) is 21.6 Å². The van der Waals surface area contributed by atoms with Crippen molar-refractivity contribution in [2.75, 3.05) is 49.2 Å². The van der Waals surface area contributed by atoms with Gasteiger partial charge in [-0.2, -0.15) is 5.26 Å². The predicted octanol–water partition coefficient (Wildman–Crippen LogP) is 2.62. The number of fused-ring (bicyclic) bond motifs is 3. The third-order valence-corrected chi connectivity index (χ3v) is 7.93. The van der Waals surface area contributed by atoms with Crippen molar-refractivity contribution < 1.29 is 4.74 Å². The largest absolute Gasteiger partial charge is 0.380 e. The molecule has 4 aliphatic heterocycles. The molecule has 7 rings (SSSR count). The zero-order valence-corrected chi connectivity index (χ0v) is 20.0. The fourth-order valence-corrected chi connectivity index (χ4v) is 6.17. The minimum atomic E-state index is 0.234. The molecule has 0 unspecified atom stereocenters. The van der Waals surface area contributed by atoms with Gasteiger partial charge in [-0.15, -0.1) is 10.2 Å². The number of nitriles is 1. The molecular weight excluding hydrogens is 464 g/mol. The molecule has 0 bridgehead atoms. The van der Waals surface area contributed by atoms with Gasteiger partial charge in [0, 0.05) is 55.8 Å². The van der Waals surface area contributed by atoms with Crippen molar-refractivity contribution in [2.24, 2.45) is 5.41 Å². The minimum absolute atomic E-state index is 0.234. The van der Waals surface area contributed by atoms with Crippen LogP contribution in [-0.2, 0) is 17.8 Å². The first-order chi connectivity index (χ1) is 17.1. The Hall–Kier alpha value is -3.19. The Balaban J connectivity index is 1.13. The van der Waals surface area contributed by atoms with Crippen LogP contribution in [0.25, 0.3) is 5.69 Å². The molecule has 6 heterocycles. The van der Waals surface area contributed by atoms with E-state index >= 15 is 0 Å². The summed E-state index contributed by atoms with van der Waals surface area (Å²) in [6.07, 6.45) is 1.04. The van der Waals surface area contributed by atoms with Gasteiger partial charge in [0.2, 0.25) is 5.95 Å². The van der Waals surface area contributed by atoms with Gasteiger partial charge in [0.05, 0.1) is 18.8 Å². The molecule has 0 radical (unpaired) electrons. The van der Waals surface area contributed by atoms with Crippen molar-refractivity contribution in [3.05, 3.63) is 58.5 Å². The molecule has 1 atom stereocenters. The van der Waals surface area contributed by atoms with Crippen molar-refractivity contribution in [1.29, 1.82) is 5.26 Å². The first-order valence-corrected chi connectivity index (χ1v) is 12.4. The Bertz CT molecular complexity index is 1330. The average Bonchev–Trinajstić information content (AvgIpc) is 3.45. The lowest BCUT2D eigenvalue weighted by Crippen LogP contribution is -2.73. The summed E-state index contributed by atoms with van der Waals surface area (Å²) in [6, 6.07) is 14.2. The Morgan fingerprint density at radius 1 is 1.06 bits per heavy atom. The minimum Gasteiger partial charge on any atom is -0.380 e. The maximum absolute atomic E-state index is 9.15. The van der Waals surface area contributed by atoms with Gasteiger partial charge in [0.1, 0.15) is 17.6 Å². The molecule has 0 amide bonds. The van der Waals surface area contributed by atoms with Crippen LogP contribution < -0.4 is 9.80 Å². The summed E-state index contributed by atoms with van der Waals surface area (Å²) in [5, 5.41) is 19.2. The SMILES string of the molecule is N#Cc1cccc(N2CC3(C2)CN(c2nnc4n2-c2ccc(Cl)cc2CN([C@@H]2CCOC2)C4)C3)n1. The number of benzene rings is 1. The Kier molecular flexibility index (Phi) is 4.78. The maximum atomic E-state index is 9.15. The molecule has 3 aromatic rings. The van der Waals surface area contributed by atoms with Crippen molar-refractivity contribution in [3.8, 4) is 11.8 Å². The van der Waals surface area contributed by atoms with Gasteiger partial charge < -0.3 is 14.5 Å². The summed E-state index contributed by atoms with van der Waals surface area (Å²) in [5.41, 5.74) is 3.00. The second kappa shape index (κ2) is 7.92. The smallest absolute Gasteiger partial charge is 0.231 e. The fourth-order valence-electron chi connectivity index (χ4n) is 5.98. The molecule has 3 saturated heterocycles. The second-order valence-electron chi connectivity index (χ2n) is 10.2. The molecule has 35 heavy (non-hydrogen) atoms. The number of rotatable bonds is 3. The summed E-state index contributed by atoms with van der Waals surface area (Å²) < 4.78 is 7.90. The van der Waals surface area contributed by atoms with Gasteiger partial charge in [0.25, 0.3) is 0 Å². The highest BCUT2D eigenvalue weighted by molar-refractivity contribution is 6.30. The van der Waals surface area contributed by atoms with E-state index in [0.717, 1.165) is 87.2 Å². The summed E-state index contributed by atoms with van der Waals surface area (Å²) in [4.78, 5) is 11.5. The molecule has 0 saturated carbocycles. The first-order valence-electron chi connectivity index (χ1n) is 12.0. The van der Waals surface area contributed by atoms with Crippen molar-refractivity contribution >= 4 is 23.4 Å². The number of hydrogen-bond acceptors (Lipinski definition) is 8. The lowest BCUT2D eigenvalue weighted by atomic mass is 9.73. The summed E-state index contributed by atoms with van der Waals surface area (Å²) >= 11 is 6.40. The molecule has 9 nitrogen and oxygen atoms in total. The van der Waals surface area contributed by atoms with Crippen LogP contribution in [-0.4, -0.2) is 70.1 Å². The van der Waals surface area contributed by atoms with Gasteiger partial charge in [0.15, 0.2) is 5.82 Å². The van der Waals surface area contributed by atoms with E-state index in [2.05, 4.69) is 52.7 Å². The zero-order chi connectivity index (χ0) is 23.6. The van der Waals surface area contributed by atoms with Crippen LogP contribution in [0.15, 0.2) is 36.4 Å². The van der Waals surface area contributed by atoms with E-state index in [-0.39, 0.29) is 5.41 Å². The lowest BCUT2D eigenvalue weighted by molar-refractivity contribution is 0.133. The van der Waals surface area contributed by atoms with Crippen LogP contribution in [0.5, 0.6) is 0 Å². The molecule has 10 heteroatoms. The highest BCUT2D eigenvalue weighted by atomic mass is 35.5.